The molecule has 3 N–H and O–H groups in total. The van der Waals surface area contributed by atoms with Gasteiger partial charge < -0.3 is 20.4 Å². The van der Waals surface area contributed by atoms with Crippen molar-refractivity contribution in [3.63, 3.8) is 0 Å². The molecular weight excluding hydrogens is 557 g/mol. The lowest BCUT2D eigenvalue weighted by molar-refractivity contribution is -0.145. The number of amides is 3. The average Bonchev–Trinajstić information content (AvgIpc) is 3.08. The Morgan fingerprint density at radius 1 is 1.10 bits per heavy atom. The Morgan fingerprint density at radius 2 is 1.76 bits per heavy atom. The summed E-state index contributed by atoms with van der Waals surface area (Å²) in [6, 6.07) is 8.58. The number of rotatable bonds is 7. The van der Waals surface area contributed by atoms with Gasteiger partial charge in [-0.25, -0.2) is 14.5 Å². The zero-order chi connectivity index (χ0) is 31.2. The normalized spacial score (nSPS) is 21.6. The Kier molecular flexibility index (Phi) is 7.37. The molecule has 10 nitrogen and oxygen atoms in total. The molecule has 42 heavy (non-hydrogen) atoms. The van der Waals surface area contributed by atoms with Crippen LogP contribution >= 0.6 is 0 Å². The highest BCUT2D eigenvalue weighted by atomic mass is 19.4. The first-order chi connectivity index (χ1) is 19.5. The number of nitrogens with zero attached hydrogens (tertiary/aromatic N) is 3. The predicted octanol–water partition coefficient (Wildman–Crippen LogP) is 4.78. The van der Waals surface area contributed by atoms with Crippen molar-refractivity contribution in [1.29, 1.82) is 5.26 Å². The number of carboxylic acids is 2. The highest BCUT2D eigenvalue weighted by molar-refractivity contribution is 6.23. The number of benzene rings is 2. The van der Waals surface area contributed by atoms with Gasteiger partial charge in [0.15, 0.2) is 0 Å². The minimum absolute atomic E-state index is 0.124. The topological polar surface area (TPSA) is 151 Å². The van der Waals surface area contributed by atoms with Crippen LogP contribution in [0.5, 0.6) is 0 Å². The number of carbonyl (C=O) groups is 4. The van der Waals surface area contributed by atoms with Gasteiger partial charge in [0.2, 0.25) is 0 Å². The molecule has 0 spiro atoms. The third-order valence-corrected chi connectivity index (χ3v) is 7.48. The molecule has 13 heteroatoms. The maximum absolute atomic E-state index is 13.6. The number of carboxylic acid groups (broad SMARTS) is 2. The summed E-state index contributed by atoms with van der Waals surface area (Å²) in [5, 5.41) is 31.5. The fourth-order valence-corrected chi connectivity index (χ4v) is 4.78. The number of nitrogens with one attached hydrogen (secondary N) is 1. The van der Waals surface area contributed by atoms with Crippen LogP contribution in [-0.4, -0.2) is 50.6 Å². The standard InChI is InChI=1S/C29H25F3N4O6/c1-27(2)24(39)36(19-9-8-17(14-33)20(13-19)29(30,31)32)26(42)35(27)15-18-6-4-5-7-21(18)34-22-12-16(23(37)38)10-11-28(22,3)25(40)41/h4-13,22,34H,15H2,1-3H3,(H,37,38)(H,40,41). The molecule has 1 fully saturated rings. The molecule has 1 aliphatic heterocycles. The summed E-state index contributed by atoms with van der Waals surface area (Å²) >= 11 is 0. The third-order valence-electron chi connectivity index (χ3n) is 7.48. The lowest BCUT2D eigenvalue weighted by Crippen LogP contribution is -2.45. The molecule has 2 atom stereocenters. The largest absolute Gasteiger partial charge is 0.481 e. The molecule has 2 aromatic rings. The molecule has 2 unspecified atom stereocenters. The minimum atomic E-state index is -4.90. The van der Waals surface area contributed by atoms with Crippen LogP contribution in [0, 0.1) is 16.7 Å². The van der Waals surface area contributed by atoms with Gasteiger partial charge in [0, 0.05) is 5.69 Å². The first-order valence-electron chi connectivity index (χ1n) is 12.5. The lowest BCUT2D eigenvalue weighted by Gasteiger charge is -2.34. The van der Waals surface area contributed by atoms with E-state index in [1.54, 1.807) is 24.3 Å². The van der Waals surface area contributed by atoms with E-state index in [0.29, 0.717) is 22.2 Å². The molecule has 0 radical (unpaired) electrons. The first-order valence-corrected chi connectivity index (χ1v) is 12.5. The number of carbonyl (C=O) groups excluding carboxylic acids is 2. The van der Waals surface area contributed by atoms with Gasteiger partial charge in [-0.2, -0.15) is 18.4 Å². The van der Waals surface area contributed by atoms with Crippen molar-refractivity contribution in [1.82, 2.24) is 4.90 Å². The molecule has 3 amide bonds. The van der Waals surface area contributed by atoms with Crippen molar-refractivity contribution in [2.24, 2.45) is 5.41 Å². The van der Waals surface area contributed by atoms with Crippen LogP contribution in [0.1, 0.15) is 37.5 Å². The molecule has 0 aromatic heterocycles. The number of imide groups is 1. The molecule has 0 saturated carbocycles. The van der Waals surface area contributed by atoms with Gasteiger partial charge in [-0.3, -0.25) is 9.59 Å². The summed E-state index contributed by atoms with van der Waals surface area (Å²) in [6.07, 6.45) is -1.15. The van der Waals surface area contributed by atoms with Gasteiger partial charge >= 0.3 is 24.1 Å². The third kappa shape index (κ3) is 5.07. The predicted molar refractivity (Wildman–Crippen MR) is 143 cm³/mol. The van der Waals surface area contributed by atoms with Crippen molar-refractivity contribution >= 4 is 35.3 Å². The van der Waals surface area contributed by atoms with E-state index in [4.69, 9.17) is 5.26 Å². The molecule has 2 aliphatic rings. The second-order valence-electron chi connectivity index (χ2n) is 10.5. The number of aliphatic carboxylic acids is 2. The number of hydrogen-bond donors (Lipinski definition) is 3. The summed E-state index contributed by atoms with van der Waals surface area (Å²) in [5.74, 6) is -3.26. The molecule has 1 aliphatic carbocycles. The number of nitriles is 1. The van der Waals surface area contributed by atoms with Crippen LogP contribution in [0.15, 0.2) is 66.3 Å². The van der Waals surface area contributed by atoms with E-state index in [-0.39, 0.29) is 17.8 Å². The van der Waals surface area contributed by atoms with Crippen LogP contribution in [-0.2, 0) is 27.1 Å². The number of alkyl halides is 3. The number of halogens is 3. The van der Waals surface area contributed by atoms with Gasteiger partial charge in [0.1, 0.15) is 11.0 Å². The molecule has 218 valence electrons. The van der Waals surface area contributed by atoms with Gasteiger partial charge in [0.25, 0.3) is 5.91 Å². The summed E-state index contributed by atoms with van der Waals surface area (Å²) in [5.41, 5.74) is -4.69. The van der Waals surface area contributed by atoms with E-state index >= 15 is 0 Å². The van der Waals surface area contributed by atoms with E-state index < -0.39 is 58.2 Å². The van der Waals surface area contributed by atoms with Gasteiger partial charge in [-0.1, -0.05) is 30.4 Å². The number of hydrogen-bond acceptors (Lipinski definition) is 6. The summed E-state index contributed by atoms with van der Waals surface area (Å²) in [6.45, 7) is 4.08. The summed E-state index contributed by atoms with van der Waals surface area (Å²) in [7, 11) is 0. The van der Waals surface area contributed by atoms with Gasteiger partial charge in [0.05, 0.1) is 41.0 Å². The zero-order valence-corrected chi connectivity index (χ0v) is 22.6. The molecule has 4 rings (SSSR count). The van der Waals surface area contributed by atoms with E-state index in [1.165, 1.54) is 45.1 Å². The Labute approximate surface area is 237 Å². The number of para-hydroxylation sites is 1. The first kappa shape index (κ1) is 29.9. The van der Waals surface area contributed by atoms with Crippen LogP contribution in [0.25, 0.3) is 0 Å². The fraction of sp³-hybridized carbons (Fsp3) is 0.276. The quantitative estimate of drug-likeness (QED) is 0.395. The maximum Gasteiger partial charge on any atom is 0.417 e. The van der Waals surface area contributed by atoms with Crippen LogP contribution in [0.4, 0.5) is 29.3 Å². The molecule has 2 aromatic carbocycles. The van der Waals surface area contributed by atoms with E-state index in [2.05, 4.69) is 5.32 Å². The number of urea groups is 1. The van der Waals surface area contributed by atoms with Crippen LogP contribution in [0.2, 0.25) is 0 Å². The Morgan fingerprint density at radius 3 is 2.36 bits per heavy atom. The monoisotopic (exact) mass is 582 g/mol. The lowest BCUT2D eigenvalue weighted by atomic mass is 9.77. The average molecular weight is 583 g/mol. The molecule has 1 saturated heterocycles. The molecule has 0 bridgehead atoms. The minimum Gasteiger partial charge on any atom is -0.481 e. The fourth-order valence-electron chi connectivity index (χ4n) is 4.78. The van der Waals surface area contributed by atoms with Crippen LogP contribution < -0.4 is 10.2 Å². The molecule has 1 heterocycles. The Balaban J connectivity index is 1.70. The second-order valence-corrected chi connectivity index (χ2v) is 10.5. The van der Waals surface area contributed by atoms with E-state index in [9.17, 15) is 42.6 Å². The maximum atomic E-state index is 13.6. The highest BCUT2D eigenvalue weighted by Crippen LogP contribution is 2.39. The number of anilines is 2. The highest BCUT2D eigenvalue weighted by Gasteiger charge is 2.52. The summed E-state index contributed by atoms with van der Waals surface area (Å²) < 4.78 is 40.8. The van der Waals surface area contributed by atoms with Gasteiger partial charge in [-0.05, 0) is 56.7 Å². The smallest absolute Gasteiger partial charge is 0.417 e. The van der Waals surface area contributed by atoms with Crippen molar-refractivity contribution in [3.8, 4) is 6.07 Å². The van der Waals surface area contributed by atoms with Crippen molar-refractivity contribution in [2.75, 3.05) is 10.2 Å². The van der Waals surface area contributed by atoms with E-state index in [0.717, 1.165) is 17.0 Å². The Bertz CT molecular complexity index is 1610. The summed E-state index contributed by atoms with van der Waals surface area (Å²) in [4.78, 5) is 52.4. The van der Waals surface area contributed by atoms with Gasteiger partial charge in [-0.15, -0.1) is 0 Å². The second kappa shape index (κ2) is 10.4. The zero-order valence-electron chi connectivity index (χ0n) is 22.6. The van der Waals surface area contributed by atoms with Crippen molar-refractivity contribution < 1.29 is 42.6 Å². The van der Waals surface area contributed by atoms with E-state index in [1.807, 2.05) is 0 Å². The van der Waals surface area contributed by atoms with Crippen molar-refractivity contribution in [3.05, 3.63) is 83.0 Å². The van der Waals surface area contributed by atoms with Crippen LogP contribution in [0.3, 0.4) is 0 Å². The van der Waals surface area contributed by atoms with Crippen molar-refractivity contribution in [2.45, 2.75) is 45.1 Å². The SMILES string of the molecule is CC1(C(=O)O)C=CC(C(=O)O)=CC1Nc1ccccc1CN1C(=O)N(c2ccc(C#N)c(C(F)(F)F)c2)C(=O)C1(C)C. The Hall–Kier alpha value is -5.12. The molecular formula is C29H25F3N4O6.